The van der Waals surface area contributed by atoms with Crippen LogP contribution in [0, 0.1) is 22.7 Å². The molecule has 6 aliphatic rings. The van der Waals surface area contributed by atoms with Gasteiger partial charge < -0.3 is 73.7 Å². The van der Waals surface area contributed by atoms with E-state index < -0.39 is 132 Å². The van der Waals surface area contributed by atoms with Gasteiger partial charge in [-0.05, 0) is 74.3 Å². The Morgan fingerprint density at radius 1 is 0.911 bits per heavy atom. The molecule has 0 amide bonds. The number of hydrogen-bond acceptors (Lipinski definition) is 17. The third kappa shape index (κ3) is 6.40. The highest BCUT2D eigenvalue weighted by Crippen LogP contribution is 2.72. The Balaban J connectivity index is 1.10. The Hall–Kier alpha value is -2.10. The lowest BCUT2D eigenvalue weighted by Gasteiger charge is -2.69. The molecule has 7 rings (SSSR count). The lowest BCUT2D eigenvalue weighted by atomic mass is 9.40. The highest BCUT2D eigenvalue weighted by atomic mass is 16.7. The molecule has 2 aliphatic heterocycles. The van der Waals surface area contributed by atoms with Crippen LogP contribution in [0.3, 0.4) is 0 Å². The summed E-state index contributed by atoms with van der Waals surface area (Å²) in [6.45, 7) is 6.08. The fourth-order valence-corrected chi connectivity index (χ4v) is 11.9. The molecule has 17 nitrogen and oxygen atoms in total. The van der Waals surface area contributed by atoms with Crippen LogP contribution in [0.4, 0.5) is 0 Å². The molecule has 4 saturated carbocycles. The molecule has 4 aliphatic carbocycles. The zero-order chi connectivity index (χ0) is 40.7. The number of ether oxygens (including phenoxy) is 6. The number of aliphatic hydroxyl groups is 8. The maximum absolute atomic E-state index is 13.0. The molecule has 316 valence electrons. The van der Waals surface area contributed by atoms with Crippen LogP contribution < -0.4 is 5.63 Å². The zero-order valence-electron chi connectivity index (χ0n) is 32.4. The van der Waals surface area contributed by atoms with E-state index in [-0.39, 0.29) is 25.2 Å². The van der Waals surface area contributed by atoms with Crippen molar-refractivity contribution in [1.82, 2.24) is 0 Å². The summed E-state index contributed by atoms with van der Waals surface area (Å²) in [5.74, 6) is -1.95. The maximum Gasteiger partial charge on any atom is 0.335 e. The average molecular weight is 799 g/mol. The molecule has 20 unspecified atom stereocenters. The molecule has 8 N–H and O–H groups in total. The summed E-state index contributed by atoms with van der Waals surface area (Å²) >= 11 is 0. The summed E-state index contributed by atoms with van der Waals surface area (Å²) < 4.78 is 40.8. The molecule has 6 fully saturated rings. The quantitative estimate of drug-likeness (QED) is 0.118. The normalized spacial score (nSPS) is 51.7. The predicted molar refractivity (Wildman–Crippen MR) is 189 cm³/mol. The number of methoxy groups -OCH3 is 1. The van der Waals surface area contributed by atoms with Gasteiger partial charge in [0.05, 0.1) is 31.2 Å². The lowest BCUT2D eigenvalue weighted by Crippen LogP contribution is -2.77. The Labute approximate surface area is 324 Å². The summed E-state index contributed by atoms with van der Waals surface area (Å²) in [5.41, 5.74) is -5.39. The van der Waals surface area contributed by atoms with Crippen molar-refractivity contribution in [2.75, 3.05) is 13.7 Å². The first kappa shape index (κ1) is 42.0. The van der Waals surface area contributed by atoms with Gasteiger partial charge in [0.2, 0.25) is 0 Å². The van der Waals surface area contributed by atoms with Gasteiger partial charge in [0, 0.05) is 37.9 Å². The van der Waals surface area contributed by atoms with Crippen LogP contribution in [0.1, 0.15) is 84.1 Å². The van der Waals surface area contributed by atoms with Crippen molar-refractivity contribution in [3.8, 4) is 0 Å². The minimum Gasteiger partial charge on any atom is -0.462 e. The van der Waals surface area contributed by atoms with E-state index in [1.807, 2.05) is 6.92 Å². The summed E-state index contributed by atoms with van der Waals surface area (Å²) in [7, 11) is 1.35. The second-order valence-corrected chi connectivity index (χ2v) is 17.5. The van der Waals surface area contributed by atoms with Gasteiger partial charge in [-0.3, -0.25) is 4.79 Å². The van der Waals surface area contributed by atoms with Crippen molar-refractivity contribution in [1.29, 1.82) is 0 Å². The molecule has 1 aromatic rings. The molecular formula is C39H58O17. The van der Waals surface area contributed by atoms with Crippen LogP contribution >= 0.6 is 0 Å². The highest BCUT2D eigenvalue weighted by Gasteiger charge is 2.78. The molecule has 1 aromatic heterocycles. The second kappa shape index (κ2) is 15.2. The number of rotatable bonds is 8. The third-order valence-electron chi connectivity index (χ3n) is 14.9. The fourth-order valence-electron chi connectivity index (χ4n) is 11.9. The number of aliphatic hydroxyl groups excluding tert-OH is 6. The fraction of sp³-hybridized carbons (Fsp3) is 0.846. The number of fused-ring (bicyclic) bond motifs is 5. The SMILES string of the molecule is COC1C(O)C(OC2CCC3(C)C(C2)C(OC(C)=O)CC2(O)C3CC(O)C3(C)C(c4ccc(=O)oc4)CCC23O)OC(C)C1OC1OC(CO)C(O)C(O)C1O. The molecule has 0 aromatic carbocycles. The average Bonchev–Trinajstić information content (AvgIpc) is 3.45. The van der Waals surface area contributed by atoms with E-state index in [4.69, 9.17) is 32.8 Å². The van der Waals surface area contributed by atoms with Gasteiger partial charge in [0.25, 0.3) is 0 Å². The standard InChI is InChI=1S/C39H58O17/c1-17-32(56-34-30(46)29(45)28(44)24(15-40)55-34)33(50-5)31(47)35(52-17)54-20-8-10-36(3)22(12-20)23(53-18(2)41)14-38(48)25(36)13-26(42)37(4)21(9-11-39(37,38)49)19-6-7-27(43)51-16-19/h6-7,16-17,20-26,28-35,40,42,44-49H,8-15H2,1-5H3. The van der Waals surface area contributed by atoms with Crippen LogP contribution in [-0.4, -0.2) is 151 Å². The van der Waals surface area contributed by atoms with E-state index in [0.717, 1.165) is 0 Å². The molecule has 3 heterocycles. The van der Waals surface area contributed by atoms with Gasteiger partial charge >= 0.3 is 11.6 Å². The van der Waals surface area contributed by atoms with Crippen molar-refractivity contribution in [2.45, 2.75) is 169 Å². The van der Waals surface area contributed by atoms with Gasteiger partial charge in [-0.15, -0.1) is 0 Å². The molecule has 17 heteroatoms. The van der Waals surface area contributed by atoms with Crippen molar-refractivity contribution in [3.05, 3.63) is 34.4 Å². The Morgan fingerprint density at radius 3 is 2.27 bits per heavy atom. The number of esters is 1. The molecule has 20 atom stereocenters. The van der Waals surface area contributed by atoms with Gasteiger partial charge in [0.1, 0.15) is 60.0 Å². The largest absolute Gasteiger partial charge is 0.462 e. The zero-order valence-corrected chi connectivity index (χ0v) is 32.4. The summed E-state index contributed by atoms with van der Waals surface area (Å²) in [6.07, 6.45) is -12.3. The predicted octanol–water partition coefficient (Wildman–Crippen LogP) is -0.801. The Kier molecular flexibility index (Phi) is 11.4. The van der Waals surface area contributed by atoms with Crippen molar-refractivity contribution < 1.29 is 78.5 Å². The Morgan fingerprint density at radius 2 is 1.62 bits per heavy atom. The number of hydrogen-bond donors (Lipinski definition) is 8. The van der Waals surface area contributed by atoms with Crippen molar-refractivity contribution in [3.63, 3.8) is 0 Å². The van der Waals surface area contributed by atoms with Crippen LogP contribution in [0.2, 0.25) is 0 Å². The topological polar surface area (TPSA) is 264 Å². The number of carbonyl (C=O) groups excluding carboxylic acids is 1. The van der Waals surface area contributed by atoms with E-state index >= 15 is 0 Å². The third-order valence-corrected chi connectivity index (χ3v) is 14.9. The van der Waals surface area contributed by atoms with E-state index in [1.165, 1.54) is 26.4 Å². The maximum atomic E-state index is 13.0. The van der Waals surface area contributed by atoms with Crippen molar-refractivity contribution in [2.24, 2.45) is 22.7 Å². The first-order chi connectivity index (χ1) is 26.3. The minimum absolute atomic E-state index is 0.0814. The van der Waals surface area contributed by atoms with E-state index in [2.05, 4.69) is 0 Å². The molecule has 56 heavy (non-hydrogen) atoms. The minimum atomic E-state index is -1.79. The van der Waals surface area contributed by atoms with Crippen LogP contribution in [-0.2, 0) is 33.2 Å². The molecule has 2 saturated heterocycles. The summed E-state index contributed by atoms with van der Waals surface area (Å²) in [6, 6.07) is 2.93. The molecular weight excluding hydrogens is 740 g/mol. The molecule has 0 bridgehead atoms. The van der Waals surface area contributed by atoms with Gasteiger partial charge in [-0.1, -0.05) is 13.8 Å². The second-order valence-electron chi connectivity index (χ2n) is 17.5. The number of carbonyl (C=O) groups is 1. The van der Waals surface area contributed by atoms with E-state index in [0.29, 0.717) is 31.2 Å². The van der Waals surface area contributed by atoms with Gasteiger partial charge in [-0.25, -0.2) is 4.79 Å². The van der Waals surface area contributed by atoms with Crippen LogP contribution in [0.15, 0.2) is 27.6 Å². The molecule has 0 spiro atoms. The van der Waals surface area contributed by atoms with Gasteiger partial charge in [-0.2, -0.15) is 0 Å². The smallest absolute Gasteiger partial charge is 0.335 e. The van der Waals surface area contributed by atoms with Gasteiger partial charge in [0.15, 0.2) is 12.6 Å². The summed E-state index contributed by atoms with van der Waals surface area (Å²) in [5, 5.41) is 89.9. The Bertz CT molecular complexity index is 1620. The highest BCUT2D eigenvalue weighted by molar-refractivity contribution is 5.66. The van der Waals surface area contributed by atoms with E-state index in [9.17, 15) is 50.4 Å². The first-order valence-electron chi connectivity index (χ1n) is 19.7. The summed E-state index contributed by atoms with van der Waals surface area (Å²) in [4.78, 5) is 24.4. The molecule has 0 radical (unpaired) electrons. The van der Waals surface area contributed by atoms with Crippen molar-refractivity contribution >= 4 is 5.97 Å². The van der Waals surface area contributed by atoms with Crippen LogP contribution in [0.5, 0.6) is 0 Å². The lowest BCUT2D eigenvalue weighted by molar-refractivity contribution is -0.364. The monoisotopic (exact) mass is 798 g/mol. The van der Waals surface area contributed by atoms with Crippen LogP contribution in [0.25, 0.3) is 0 Å². The van der Waals surface area contributed by atoms with E-state index in [1.54, 1.807) is 19.9 Å². The first-order valence-corrected chi connectivity index (χ1v) is 19.7.